The lowest BCUT2D eigenvalue weighted by molar-refractivity contribution is -0.128. The van der Waals surface area contributed by atoms with Crippen LogP contribution in [0.5, 0.6) is 0 Å². The molecule has 3 heteroatoms. The quantitative estimate of drug-likeness (QED) is 0.103. The number of unbranched alkanes of at least 4 members (excludes halogenated alkanes) is 11. The fourth-order valence-electron chi connectivity index (χ4n) is 12.0. The predicted molar refractivity (Wildman–Crippen MR) is 209 cm³/mol. The van der Waals surface area contributed by atoms with E-state index < -0.39 is 0 Å². The van der Waals surface area contributed by atoms with Crippen molar-refractivity contribution in [2.24, 2.45) is 51.8 Å². The highest BCUT2D eigenvalue weighted by molar-refractivity contribution is 5.83. The van der Waals surface area contributed by atoms with Gasteiger partial charge in [-0.05, 0) is 143 Å². The van der Waals surface area contributed by atoms with Gasteiger partial charge in [-0.1, -0.05) is 112 Å². The van der Waals surface area contributed by atoms with Gasteiger partial charge in [0.05, 0.1) is 0 Å². The minimum atomic E-state index is -0.209. The summed E-state index contributed by atoms with van der Waals surface area (Å²) in [7, 11) is 0. The van der Waals surface area contributed by atoms with Crippen LogP contribution in [-0.4, -0.2) is 17.7 Å². The lowest BCUT2D eigenvalue weighted by Gasteiger charge is -2.61. The molecule has 0 aliphatic heterocycles. The average Bonchev–Trinajstić information content (AvgIpc) is 3.42. The maximum Gasteiger partial charge on any atom is 0.220 e. The van der Waals surface area contributed by atoms with Crippen LogP contribution in [0, 0.1) is 51.8 Å². The highest BCUT2D eigenvalue weighted by Gasteiger charge is 2.60. The predicted octanol–water partition coefficient (Wildman–Crippen LogP) is 13.2. The summed E-state index contributed by atoms with van der Waals surface area (Å²) in [6.07, 6.45) is 36.3. The van der Waals surface area contributed by atoms with Crippen LogP contribution in [0.4, 0.5) is 0 Å². The second kappa shape index (κ2) is 19.1. The molecule has 282 valence electrons. The molecule has 1 amide bonds. The van der Waals surface area contributed by atoms with Crippen molar-refractivity contribution < 1.29 is 9.59 Å². The third-order valence-corrected chi connectivity index (χ3v) is 15.1. The molecule has 0 aromatic carbocycles. The minimum Gasteiger partial charge on any atom is -0.353 e. The Hall–Kier alpha value is -1.12. The first-order valence-electron chi connectivity index (χ1n) is 21.9. The summed E-state index contributed by atoms with van der Waals surface area (Å²) >= 11 is 0. The maximum absolute atomic E-state index is 13.0. The zero-order valence-electron chi connectivity index (χ0n) is 33.7. The molecule has 1 N–H and O–H groups in total. The largest absolute Gasteiger partial charge is 0.353 e. The van der Waals surface area contributed by atoms with Crippen molar-refractivity contribution in [2.75, 3.05) is 0 Å². The van der Waals surface area contributed by atoms with Crippen molar-refractivity contribution >= 4 is 11.7 Å². The van der Waals surface area contributed by atoms with E-state index in [-0.39, 0.29) is 5.41 Å². The molecular formula is C46H81NO2. The number of carbonyl (C=O) groups excluding carboxylic acids is 2. The Morgan fingerprint density at radius 1 is 0.735 bits per heavy atom. The summed E-state index contributed by atoms with van der Waals surface area (Å²) in [5.41, 5.74) is 0.709. The van der Waals surface area contributed by atoms with Gasteiger partial charge < -0.3 is 5.32 Å². The minimum absolute atomic E-state index is 0.209. The first-order valence-corrected chi connectivity index (χ1v) is 21.9. The molecule has 5 unspecified atom stereocenters. The van der Waals surface area contributed by atoms with E-state index in [1.807, 2.05) is 0 Å². The van der Waals surface area contributed by atoms with E-state index in [1.54, 1.807) is 0 Å². The molecule has 0 bridgehead atoms. The highest BCUT2D eigenvalue weighted by Crippen LogP contribution is 2.68. The van der Waals surface area contributed by atoms with Gasteiger partial charge in [-0.3, -0.25) is 9.59 Å². The number of hydrogen-bond donors (Lipinski definition) is 1. The van der Waals surface area contributed by atoms with E-state index in [4.69, 9.17) is 0 Å². The van der Waals surface area contributed by atoms with Gasteiger partial charge in [0.15, 0.2) is 0 Å². The molecule has 0 heterocycles. The van der Waals surface area contributed by atoms with E-state index in [0.717, 1.165) is 48.9 Å². The summed E-state index contributed by atoms with van der Waals surface area (Å²) in [5.74, 6) is 5.58. The number of hydrogen-bond acceptors (Lipinski definition) is 2. The van der Waals surface area contributed by atoms with Crippen molar-refractivity contribution in [1.29, 1.82) is 0 Å². The number of amides is 1. The van der Waals surface area contributed by atoms with Crippen LogP contribution in [0.3, 0.4) is 0 Å². The SMILES string of the molecule is CCCCCCCC/C=C\CCCCCCCC(=O)NC1CC[C@@]2(C)C(CCC3C2CC[C@@]2(C)C3CC[C@@H]2[C@H](C)CCC(=O)C(C)(C)C)C1. The van der Waals surface area contributed by atoms with Crippen LogP contribution in [0.15, 0.2) is 12.2 Å². The summed E-state index contributed by atoms with van der Waals surface area (Å²) in [6.45, 7) is 16.3. The molecule has 3 nitrogen and oxygen atoms in total. The first-order chi connectivity index (χ1) is 23.4. The topological polar surface area (TPSA) is 46.2 Å². The van der Waals surface area contributed by atoms with Crippen LogP contribution in [0.25, 0.3) is 0 Å². The third kappa shape index (κ3) is 10.9. The average molecular weight is 680 g/mol. The zero-order chi connectivity index (χ0) is 35.5. The third-order valence-electron chi connectivity index (χ3n) is 15.1. The summed E-state index contributed by atoms with van der Waals surface area (Å²) < 4.78 is 0. The molecule has 0 aromatic rings. The molecule has 0 radical (unpaired) electrons. The zero-order valence-corrected chi connectivity index (χ0v) is 33.7. The van der Waals surface area contributed by atoms with Gasteiger partial charge in [-0.2, -0.15) is 0 Å². The Bertz CT molecular complexity index is 1040. The van der Waals surface area contributed by atoms with Crippen molar-refractivity contribution in [3.05, 3.63) is 12.2 Å². The normalized spacial score (nSPS) is 33.5. The van der Waals surface area contributed by atoms with E-state index in [1.165, 1.54) is 135 Å². The lowest BCUT2D eigenvalue weighted by Crippen LogP contribution is -2.55. The molecule has 9 atom stereocenters. The second-order valence-electron chi connectivity index (χ2n) is 19.4. The molecule has 0 aromatic heterocycles. The Morgan fingerprint density at radius 2 is 1.35 bits per heavy atom. The fraction of sp³-hybridized carbons (Fsp3) is 0.913. The number of nitrogens with one attached hydrogen (secondary N) is 1. The number of allylic oxidation sites excluding steroid dienone is 2. The van der Waals surface area contributed by atoms with Crippen molar-refractivity contribution in [3.8, 4) is 0 Å². The second-order valence-corrected chi connectivity index (χ2v) is 19.4. The number of ketones is 1. The van der Waals surface area contributed by atoms with Gasteiger partial charge in [-0.15, -0.1) is 0 Å². The Morgan fingerprint density at radius 3 is 2.02 bits per heavy atom. The summed E-state index contributed by atoms with van der Waals surface area (Å²) in [6, 6.07) is 0.395. The summed E-state index contributed by atoms with van der Waals surface area (Å²) in [5, 5.41) is 3.51. The smallest absolute Gasteiger partial charge is 0.220 e. The molecule has 0 spiro atoms. The molecule has 4 aliphatic rings. The van der Waals surface area contributed by atoms with Crippen molar-refractivity contribution in [1.82, 2.24) is 5.32 Å². The molecule has 4 fully saturated rings. The molecular weight excluding hydrogens is 599 g/mol. The number of Topliss-reactive ketones (excluding diaryl/α,β-unsaturated/α-hetero) is 1. The van der Waals surface area contributed by atoms with Crippen LogP contribution in [0.2, 0.25) is 0 Å². The Kier molecular flexibility index (Phi) is 15.8. The first kappa shape index (κ1) is 40.6. The van der Waals surface area contributed by atoms with Crippen molar-refractivity contribution in [2.45, 2.75) is 215 Å². The Balaban J connectivity index is 1.11. The van der Waals surface area contributed by atoms with E-state index in [2.05, 4.69) is 65.9 Å². The standard InChI is InChI=1S/C46H81NO2/c1-8-9-10-11-12-13-14-15-16-17-18-19-20-21-22-23-43(49)47-37-30-32-45(6)36(34-37)25-26-38-40-28-27-39(46(40,7)33-31-41(38)45)35(2)24-29-42(48)44(3,4)5/h15-16,35-41H,8-14,17-34H2,1-7H3,(H,47,49)/b16-15-/t35-,36?,37?,38?,39-,40?,41?,45+,46-/m1/s1. The van der Waals surface area contributed by atoms with E-state index >= 15 is 0 Å². The monoisotopic (exact) mass is 680 g/mol. The molecule has 49 heavy (non-hydrogen) atoms. The molecule has 0 saturated heterocycles. The lowest BCUT2D eigenvalue weighted by atomic mass is 9.44. The summed E-state index contributed by atoms with van der Waals surface area (Å²) in [4.78, 5) is 25.7. The van der Waals surface area contributed by atoms with Gasteiger partial charge in [0.25, 0.3) is 0 Å². The van der Waals surface area contributed by atoms with Crippen LogP contribution in [0.1, 0.15) is 209 Å². The van der Waals surface area contributed by atoms with Crippen LogP contribution < -0.4 is 5.32 Å². The van der Waals surface area contributed by atoms with Gasteiger partial charge >= 0.3 is 0 Å². The number of rotatable bonds is 20. The van der Waals surface area contributed by atoms with Crippen LogP contribution >= 0.6 is 0 Å². The molecule has 4 rings (SSSR count). The number of carbonyl (C=O) groups is 2. The van der Waals surface area contributed by atoms with Gasteiger partial charge in [-0.25, -0.2) is 0 Å². The highest BCUT2D eigenvalue weighted by atomic mass is 16.1. The Labute approximate surface area is 304 Å². The number of fused-ring (bicyclic) bond motifs is 5. The van der Waals surface area contributed by atoms with Crippen LogP contribution in [-0.2, 0) is 9.59 Å². The maximum atomic E-state index is 13.0. The van der Waals surface area contributed by atoms with E-state index in [9.17, 15) is 9.59 Å². The van der Waals surface area contributed by atoms with Gasteiger partial charge in [0.1, 0.15) is 5.78 Å². The van der Waals surface area contributed by atoms with Gasteiger partial charge in [0.2, 0.25) is 5.91 Å². The van der Waals surface area contributed by atoms with E-state index in [0.29, 0.717) is 40.9 Å². The van der Waals surface area contributed by atoms with Gasteiger partial charge in [0, 0.05) is 24.3 Å². The molecule has 4 saturated carbocycles. The molecule has 4 aliphatic carbocycles. The van der Waals surface area contributed by atoms with Crippen molar-refractivity contribution in [3.63, 3.8) is 0 Å². The fourth-order valence-corrected chi connectivity index (χ4v) is 12.0.